The smallest absolute Gasteiger partial charge is 0.157 e. The lowest BCUT2D eigenvalue weighted by Gasteiger charge is -2.24. The molecule has 0 unspecified atom stereocenters. The van der Waals surface area contributed by atoms with E-state index in [1.165, 1.54) is 6.07 Å². The second-order valence-corrected chi connectivity index (χ2v) is 5.45. The molecule has 1 aliphatic heterocycles. The van der Waals surface area contributed by atoms with E-state index in [1.54, 1.807) is 24.3 Å². The molecule has 21 heavy (non-hydrogen) atoms. The minimum absolute atomic E-state index is 0.0864. The van der Waals surface area contributed by atoms with Crippen molar-refractivity contribution in [2.45, 2.75) is 18.9 Å². The highest BCUT2D eigenvalue weighted by molar-refractivity contribution is 5.47. The number of fused-ring (bicyclic) bond motifs is 1. The Morgan fingerprint density at radius 2 is 1.62 bits per heavy atom. The van der Waals surface area contributed by atoms with Gasteiger partial charge in [0.25, 0.3) is 0 Å². The highest BCUT2D eigenvalue weighted by Crippen LogP contribution is 2.33. The van der Waals surface area contributed by atoms with E-state index < -0.39 is 0 Å². The Kier molecular flexibility index (Phi) is 3.35. The summed E-state index contributed by atoms with van der Waals surface area (Å²) >= 11 is 0. The van der Waals surface area contributed by atoms with E-state index in [9.17, 15) is 20.4 Å². The van der Waals surface area contributed by atoms with E-state index in [0.717, 1.165) is 29.7 Å². The van der Waals surface area contributed by atoms with Gasteiger partial charge in [0.1, 0.15) is 6.04 Å². The molecule has 0 amide bonds. The zero-order valence-corrected chi connectivity index (χ0v) is 11.5. The number of phenols is 4. The van der Waals surface area contributed by atoms with Crippen LogP contribution in [0.15, 0.2) is 30.3 Å². The van der Waals surface area contributed by atoms with Gasteiger partial charge in [-0.3, -0.25) is 0 Å². The molecule has 5 heteroatoms. The molecule has 0 aliphatic carbocycles. The molecule has 0 bridgehead atoms. The first-order valence-corrected chi connectivity index (χ1v) is 6.93. The first-order valence-electron chi connectivity index (χ1n) is 6.93. The lowest BCUT2D eigenvalue weighted by Crippen LogP contribution is -2.87. The predicted molar refractivity (Wildman–Crippen MR) is 76.5 cm³/mol. The molecule has 6 N–H and O–H groups in total. The maximum absolute atomic E-state index is 9.70. The highest BCUT2D eigenvalue weighted by Gasteiger charge is 2.25. The van der Waals surface area contributed by atoms with Crippen molar-refractivity contribution in [1.82, 2.24) is 0 Å². The molecular weight excluding hydrogens is 270 g/mol. The Bertz CT molecular complexity index is 684. The fourth-order valence-electron chi connectivity index (χ4n) is 2.91. The fourth-order valence-corrected chi connectivity index (χ4v) is 2.91. The third kappa shape index (κ3) is 2.60. The molecule has 3 rings (SSSR count). The average Bonchev–Trinajstić information content (AvgIpc) is 2.45. The molecular formula is C16H18NO4+. The van der Waals surface area contributed by atoms with Crippen molar-refractivity contribution in [3.05, 3.63) is 47.0 Å². The van der Waals surface area contributed by atoms with Crippen LogP contribution in [0.3, 0.4) is 0 Å². The summed E-state index contributed by atoms with van der Waals surface area (Å²) < 4.78 is 0. The predicted octanol–water partition coefficient (Wildman–Crippen LogP) is 0.912. The van der Waals surface area contributed by atoms with Crippen LogP contribution in [0.2, 0.25) is 0 Å². The van der Waals surface area contributed by atoms with Crippen molar-refractivity contribution >= 4 is 0 Å². The van der Waals surface area contributed by atoms with E-state index >= 15 is 0 Å². The molecule has 1 aliphatic rings. The number of hydrogen-bond acceptors (Lipinski definition) is 4. The van der Waals surface area contributed by atoms with E-state index in [4.69, 9.17) is 0 Å². The van der Waals surface area contributed by atoms with Gasteiger partial charge >= 0.3 is 0 Å². The van der Waals surface area contributed by atoms with Gasteiger partial charge in [-0.05, 0) is 35.4 Å². The topological polar surface area (TPSA) is 97.5 Å². The van der Waals surface area contributed by atoms with E-state index in [2.05, 4.69) is 5.32 Å². The minimum atomic E-state index is -0.130. The maximum atomic E-state index is 9.70. The maximum Gasteiger partial charge on any atom is 0.157 e. The van der Waals surface area contributed by atoms with Crippen molar-refractivity contribution < 1.29 is 25.7 Å². The number of rotatable bonds is 2. The molecule has 0 saturated heterocycles. The van der Waals surface area contributed by atoms with Gasteiger partial charge in [0, 0.05) is 18.4 Å². The Labute approximate surface area is 122 Å². The Morgan fingerprint density at radius 1 is 0.905 bits per heavy atom. The van der Waals surface area contributed by atoms with Crippen molar-refractivity contribution in [3.63, 3.8) is 0 Å². The zero-order chi connectivity index (χ0) is 15.0. The van der Waals surface area contributed by atoms with Crippen LogP contribution in [0.4, 0.5) is 0 Å². The average molecular weight is 288 g/mol. The molecule has 0 spiro atoms. The largest absolute Gasteiger partial charge is 0.504 e. The number of quaternary nitrogens is 1. The normalized spacial score (nSPS) is 17.4. The van der Waals surface area contributed by atoms with Gasteiger partial charge in [-0.15, -0.1) is 0 Å². The third-order valence-electron chi connectivity index (χ3n) is 4.00. The first-order chi connectivity index (χ1) is 10.0. The van der Waals surface area contributed by atoms with Crippen LogP contribution in [0.1, 0.15) is 22.7 Å². The first kappa shape index (κ1) is 13.6. The van der Waals surface area contributed by atoms with Gasteiger partial charge in [-0.25, -0.2) is 0 Å². The van der Waals surface area contributed by atoms with Crippen molar-refractivity contribution in [2.75, 3.05) is 6.54 Å². The van der Waals surface area contributed by atoms with Crippen molar-refractivity contribution in [2.24, 2.45) is 0 Å². The van der Waals surface area contributed by atoms with Crippen LogP contribution in [-0.2, 0) is 12.8 Å². The molecule has 5 nitrogen and oxygen atoms in total. The van der Waals surface area contributed by atoms with Crippen LogP contribution >= 0.6 is 0 Å². The Morgan fingerprint density at radius 3 is 2.38 bits per heavy atom. The van der Waals surface area contributed by atoms with Crippen LogP contribution < -0.4 is 5.32 Å². The quantitative estimate of drug-likeness (QED) is 0.531. The highest BCUT2D eigenvalue weighted by atomic mass is 16.3. The molecule has 110 valence electrons. The summed E-state index contributed by atoms with van der Waals surface area (Å²) in [6, 6.07) is 8.16. The lowest BCUT2D eigenvalue weighted by atomic mass is 9.90. The number of hydrogen-bond donors (Lipinski definition) is 5. The lowest BCUT2D eigenvalue weighted by molar-refractivity contribution is -0.698. The van der Waals surface area contributed by atoms with Gasteiger partial charge in [-0.2, -0.15) is 0 Å². The van der Waals surface area contributed by atoms with Gasteiger partial charge in [-0.1, -0.05) is 6.07 Å². The summed E-state index contributed by atoms with van der Waals surface area (Å²) in [4.78, 5) is 0. The Balaban J connectivity index is 1.91. The van der Waals surface area contributed by atoms with Crippen molar-refractivity contribution in [1.29, 1.82) is 0 Å². The summed E-state index contributed by atoms with van der Waals surface area (Å²) in [6.07, 6.45) is 1.52. The van der Waals surface area contributed by atoms with E-state index in [0.29, 0.717) is 6.42 Å². The summed E-state index contributed by atoms with van der Waals surface area (Å²) in [5.41, 5.74) is 2.96. The van der Waals surface area contributed by atoms with Crippen LogP contribution in [0.5, 0.6) is 23.0 Å². The van der Waals surface area contributed by atoms with Gasteiger partial charge in [0.2, 0.25) is 0 Å². The van der Waals surface area contributed by atoms with Crippen molar-refractivity contribution in [3.8, 4) is 23.0 Å². The summed E-state index contributed by atoms with van der Waals surface area (Å²) in [7, 11) is 0. The van der Waals surface area contributed by atoms with E-state index in [-0.39, 0.29) is 29.0 Å². The number of nitrogens with two attached hydrogens (primary N) is 1. The summed E-state index contributed by atoms with van der Waals surface area (Å²) in [5.74, 6) is -0.453. The molecule has 0 aromatic heterocycles. The number of phenolic OH excluding ortho intramolecular Hbond substituents is 4. The van der Waals surface area contributed by atoms with Crippen LogP contribution in [-0.4, -0.2) is 27.0 Å². The number of benzene rings is 2. The third-order valence-corrected chi connectivity index (χ3v) is 4.00. The zero-order valence-electron chi connectivity index (χ0n) is 11.5. The fraction of sp³-hybridized carbons (Fsp3) is 0.250. The van der Waals surface area contributed by atoms with Gasteiger partial charge in [0.15, 0.2) is 23.0 Å². The molecule has 2 aromatic carbocycles. The molecule has 1 atom stereocenters. The monoisotopic (exact) mass is 288 g/mol. The standard InChI is InChI=1S/C16H17NO4/c18-13-2-1-9(6-14(13)19)5-12-11-8-16(21)15(20)7-10(11)3-4-17-12/h1-2,6-8,12,17-21H,3-5H2/p+1/t12-/m0/s1. The summed E-state index contributed by atoms with van der Waals surface area (Å²) in [5, 5.41) is 40.4. The van der Waals surface area contributed by atoms with Gasteiger partial charge < -0.3 is 25.7 Å². The molecule has 2 aromatic rings. The minimum Gasteiger partial charge on any atom is -0.504 e. The van der Waals surface area contributed by atoms with Crippen LogP contribution in [0, 0.1) is 0 Å². The second-order valence-electron chi connectivity index (χ2n) is 5.45. The Hall–Kier alpha value is -2.40. The van der Waals surface area contributed by atoms with Gasteiger partial charge in [0.05, 0.1) is 6.54 Å². The summed E-state index contributed by atoms with van der Waals surface area (Å²) in [6.45, 7) is 0.909. The molecule has 1 heterocycles. The SMILES string of the molecule is Oc1ccc(C[C@@H]2[NH2+]CCc3cc(O)c(O)cc32)cc1O. The molecule has 0 fully saturated rings. The van der Waals surface area contributed by atoms with E-state index in [1.807, 2.05) is 0 Å². The number of aromatic hydroxyl groups is 4. The molecule has 0 radical (unpaired) electrons. The molecule has 0 saturated carbocycles. The second kappa shape index (κ2) is 5.18. The van der Waals surface area contributed by atoms with Crippen LogP contribution in [0.25, 0.3) is 0 Å².